The fraction of sp³-hybridized carbons (Fsp3) is 0.609. The second-order valence-electron chi connectivity index (χ2n) is 20.3. The Morgan fingerprint density at radius 2 is 1.73 bits per heavy atom. The van der Waals surface area contributed by atoms with Crippen molar-refractivity contribution in [3.05, 3.63) is 42.3 Å². The highest BCUT2D eigenvalue weighted by atomic mass is 32.2. The number of fused-ring (bicyclic) bond motifs is 1. The maximum absolute atomic E-state index is 15.0. The van der Waals surface area contributed by atoms with Crippen LogP contribution in [-0.4, -0.2) is 136 Å². The lowest BCUT2D eigenvalue weighted by molar-refractivity contribution is -0.146. The van der Waals surface area contributed by atoms with Gasteiger partial charge in [0.2, 0.25) is 11.8 Å². The lowest BCUT2D eigenvalue weighted by atomic mass is 9.85. The van der Waals surface area contributed by atoms with Crippen LogP contribution in [0.3, 0.4) is 0 Å². The highest BCUT2D eigenvalue weighted by Crippen LogP contribution is 2.45. The number of urea groups is 1. The molecule has 1 aliphatic carbocycles. The van der Waals surface area contributed by atoms with E-state index in [2.05, 4.69) is 27.8 Å². The van der Waals surface area contributed by atoms with Gasteiger partial charge in [0.15, 0.2) is 5.13 Å². The lowest BCUT2D eigenvalue weighted by Gasteiger charge is -2.41. The van der Waals surface area contributed by atoms with E-state index in [-0.39, 0.29) is 38.0 Å². The highest BCUT2D eigenvalue weighted by molar-refractivity contribution is 7.86. The maximum Gasteiger partial charge on any atom is 0.330 e. The number of hydrogen-bond acceptors (Lipinski definition) is 12. The van der Waals surface area contributed by atoms with Crippen molar-refractivity contribution in [2.24, 2.45) is 16.7 Å². The quantitative estimate of drug-likeness (QED) is 0.113. The molecule has 2 saturated heterocycles. The third-order valence-corrected chi connectivity index (χ3v) is 15.4. The van der Waals surface area contributed by atoms with Crippen molar-refractivity contribution in [1.82, 2.24) is 39.4 Å². The van der Waals surface area contributed by atoms with Crippen molar-refractivity contribution >= 4 is 61.4 Å². The summed E-state index contributed by atoms with van der Waals surface area (Å²) in [5.41, 5.74) is -1.38. The van der Waals surface area contributed by atoms with Gasteiger partial charge in [-0.1, -0.05) is 47.6 Å². The van der Waals surface area contributed by atoms with Crippen LogP contribution in [0, 0.1) is 16.7 Å². The van der Waals surface area contributed by atoms with E-state index in [1.165, 1.54) is 30.9 Å². The molecule has 5 N–H and O–H groups in total. The molecule has 2 aromatic heterocycles. The number of carboxylic acid groups (broad SMARTS) is 1. The molecule has 3 fully saturated rings. The van der Waals surface area contributed by atoms with E-state index in [9.17, 15) is 27.9 Å². The van der Waals surface area contributed by atoms with Crippen LogP contribution >= 0.6 is 11.3 Å². The summed E-state index contributed by atoms with van der Waals surface area (Å²) in [6.07, 6.45) is 1.49. The number of nitrogens with zero attached hydrogens (tertiary/aromatic N) is 5. The standard InChI is InChI=1S/C46H67N9O9S2/c1-13-28-22-46(28,41(58)59)52-39(56)35-20-30(64-36-21-33(34-25-65-43(49-34)47-26(2)3)48-32-19-29(63-12)15-16-31(32)36)23-54(35)40(57)38(45(9,10)11)51-42(60)50-37(44(6,7)8)24-53-17-14-18-55(27(4)5)66(53,61)62/h13,15-16,19,21,25-28,30,35,37-38H,1,14,17-18,20,22-24H2,2-12H3,(H,47,49)(H,52,56)(H,58,59)(H2,50,51,60)/t28?,30-,35+,37-,38-,46-/m1/s1. The minimum absolute atomic E-state index is 0.00660. The van der Waals surface area contributed by atoms with Crippen molar-refractivity contribution < 1.29 is 42.2 Å². The monoisotopic (exact) mass is 953 g/mol. The van der Waals surface area contributed by atoms with Gasteiger partial charge in [-0.15, -0.1) is 17.9 Å². The SMILES string of the molecule is C=CC1C[C@]1(NC(=O)[C@@H]1C[C@@H](Oc2cc(-c3csc(NC(C)C)n3)nc3cc(OC)ccc23)CN1C(=O)[C@@H](NC(=O)N[C@H](CN1CCCN(C(C)C)S1(=O)=O)C(C)(C)C)C(C)(C)C)C(=O)O. The molecule has 18 nitrogen and oxygen atoms in total. The van der Waals surface area contributed by atoms with Crippen molar-refractivity contribution in [1.29, 1.82) is 0 Å². The number of nitrogens with one attached hydrogen (secondary N) is 4. The van der Waals surface area contributed by atoms with Gasteiger partial charge in [0.25, 0.3) is 10.2 Å². The fourth-order valence-corrected chi connectivity index (χ4v) is 11.2. The molecule has 3 aromatic rings. The van der Waals surface area contributed by atoms with Crippen LogP contribution in [0.4, 0.5) is 9.93 Å². The molecule has 66 heavy (non-hydrogen) atoms. The van der Waals surface area contributed by atoms with Gasteiger partial charge in [0.1, 0.15) is 40.9 Å². The number of anilines is 1. The molecule has 4 amide bonds. The number of aromatic nitrogens is 2. The molecule has 1 saturated carbocycles. The Hall–Kier alpha value is -5.05. The smallest absolute Gasteiger partial charge is 0.330 e. The third-order valence-electron chi connectivity index (χ3n) is 12.4. The van der Waals surface area contributed by atoms with Crippen LogP contribution in [0.1, 0.15) is 88.5 Å². The molecule has 0 spiro atoms. The predicted octanol–water partition coefficient (Wildman–Crippen LogP) is 5.47. The van der Waals surface area contributed by atoms with Crippen LogP contribution in [0.15, 0.2) is 42.3 Å². The number of methoxy groups -OCH3 is 1. The average molecular weight is 954 g/mol. The number of likely N-dealkylation sites (tertiary alicyclic amines) is 1. The molecule has 4 heterocycles. The Labute approximate surface area is 392 Å². The first kappa shape index (κ1) is 50.4. The van der Waals surface area contributed by atoms with Crippen LogP contribution in [-0.2, 0) is 24.6 Å². The van der Waals surface area contributed by atoms with E-state index in [1.807, 2.05) is 59.9 Å². The van der Waals surface area contributed by atoms with Crippen LogP contribution < -0.4 is 30.7 Å². The molecule has 20 heteroatoms. The summed E-state index contributed by atoms with van der Waals surface area (Å²) >= 11 is 1.44. The lowest BCUT2D eigenvalue weighted by Crippen LogP contribution is -2.62. The zero-order valence-corrected chi connectivity index (χ0v) is 41.6. The molecule has 6 rings (SSSR count). The highest BCUT2D eigenvalue weighted by Gasteiger charge is 2.61. The van der Waals surface area contributed by atoms with E-state index < -0.39 is 80.5 Å². The van der Waals surface area contributed by atoms with E-state index in [0.29, 0.717) is 53.3 Å². The van der Waals surface area contributed by atoms with Crippen LogP contribution in [0.2, 0.25) is 0 Å². The summed E-state index contributed by atoms with van der Waals surface area (Å²) in [5, 5.41) is 25.4. The van der Waals surface area contributed by atoms with Gasteiger partial charge in [-0.25, -0.2) is 19.6 Å². The minimum Gasteiger partial charge on any atom is -0.497 e. The fourth-order valence-electron chi connectivity index (χ4n) is 8.49. The van der Waals surface area contributed by atoms with Gasteiger partial charge in [-0.05, 0) is 63.5 Å². The summed E-state index contributed by atoms with van der Waals surface area (Å²) < 4.78 is 42.4. The van der Waals surface area contributed by atoms with Crippen molar-refractivity contribution in [3.63, 3.8) is 0 Å². The number of carbonyl (C=O) groups is 4. The number of aliphatic carboxylic acids is 1. The molecule has 6 atom stereocenters. The normalized spacial score (nSPS) is 23.3. The Balaban J connectivity index is 1.31. The van der Waals surface area contributed by atoms with Crippen LogP contribution in [0.5, 0.6) is 11.5 Å². The Morgan fingerprint density at radius 3 is 2.32 bits per heavy atom. The summed E-state index contributed by atoms with van der Waals surface area (Å²) in [4.78, 5) is 67.1. The second-order valence-corrected chi connectivity index (χ2v) is 23.0. The minimum atomic E-state index is -3.79. The molecule has 3 aliphatic rings. The first-order valence-electron chi connectivity index (χ1n) is 22.5. The van der Waals surface area contributed by atoms with Gasteiger partial charge in [-0.3, -0.25) is 9.59 Å². The Kier molecular flexibility index (Phi) is 14.7. The van der Waals surface area contributed by atoms with Gasteiger partial charge in [0.05, 0.1) is 24.9 Å². The van der Waals surface area contributed by atoms with Gasteiger partial charge < -0.3 is 40.7 Å². The summed E-state index contributed by atoms with van der Waals surface area (Å²) in [6.45, 7) is 23.1. The largest absolute Gasteiger partial charge is 0.497 e. The number of carbonyl (C=O) groups excluding carboxylic acids is 3. The Morgan fingerprint density at radius 1 is 1.02 bits per heavy atom. The maximum atomic E-state index is 15.0. The van der Waals surface area contributed by atoms with Gasteiger partial charge in [-0.2, -0.15) is 17.0 Å². The number of benzene rings is 1. The van der Waals surface area contributed by atoms with Crippen molar-refractivity contribution in [2.45, 2.75) is 130 Å². The first-order chi connectivity index (χ1) is 30.8. The number of ether oxygens (including phenoxy) is 2. The van der Waals surface area contributed by atoms with Crippen molar-refractivity contribution in [2.75, 3.05) is 38.6 Å². The number of amides is 4. The Bertz CT molecular complexity index is 2430. The van der Waals surface area contributed by atoms with Crippen LogP contribution in [0.25, 0.3) is 22.3 Å². The topological polar surface area (TPSA) is 225 Å². The molecular weight excluding hydrogens is 887 g/mol. The van der Waals surface area contributed by atoms with E-state index in [0.717, 1.165) is 5.13 Å². The molecule has 362 valence electrons. The molecule has 0 radical (unpaired) electrons. The molecular formula is C46H67N9O9S2. The zero-order chi connectivity index (χ0) is 48.7. The average Bonchev–Trinajstić information content (AvgIpc) is 3.49. The second kappa shape index (κ2) is 19.3. The molecule has 1 aromatic carbocycles. The molecule has 1 unspecified atom stereocenters. The van der Waals surface area contributed by atoms with Gasteiger partial charge in [0, 0.05) is 73.0 Å². The predicted molar refractivity (Wildman–Crippen MR) is 255 cm³/mol. The first-order valence-corrected chi connectivity index (χ1v) is 24.8. The molecule has 0 bridgehead atoms. The van der Waals surface area contributed by atoms with Crippen molar-refractivity contribution in [3.8, 4) is 22.9 Å². The third kappa shape index (κ3) is 10.9. The summed E-state index contributed by atoms with van der Waals surface area (Å²) in [6, 6.07) is 3.33. The summed E-state index contributed by atoms with van der Waals surface area (Å²) in [7, 11) is -2.23. The number of hydrogen-bond donors (Lipinski definition) is 5. The number of pyridine rings is 1. The number of carboxylic acids is 1. The summed E-state index contributed by atoms with van der Waals surface area (Å²) in [5.74, 6) is -1.98. The zero-order valence-electron chi connectivity index (χ0n) is 39.9. The number of thiazole rings is 1. The number of rotatable bonds is 16. The molecule has 2 aliphatic heterocycles. The van der Waals surface area contributed by atoms with E-state index >= 15 is 4.79 Å². The van der Waals surface area contributed by atoms with Gasteiger partial charge >= 0.3 is 12.0 Å². The van der Waals surface area contributed by atoms with E-state index in [4.69, 9.17) is 19.4 Å². The van der Waals surface area contributed by atoms with E-state index in [1.54, 1.807) is 46.1 Å².